The van der Waals surface area contributed by atoms with Gasteiger partial charge in [0.25, 0.3) is 17.8 Å². The van der Waals surface area contributed by atoms with Gasteiger partial charge in [-0.25, -0.2) is 13.2 Å². The summed E-state index contributed by atoms with van der Waals surface area (Å²) in [4.78, 5) is 76.3. The summed E-state index contributed by atoms with van der Waals surface area (Å²) < 4.78 is 42.9. The Hall–Kier alpha value is -4.67. The molecular weight excluding hydrogens is 791 g/mol. The van der Waals surface area contributed by atoms with Crippen LogP contribution in [0.1, 0.15) is 137 Å². The van der Waals surface area contributed by atoms with E-state index in [0.717, 1.165) is 0 Å². The second kappa shape index (κ2) is 16.7. The van der Waals surface area contributed by atoms with Crippen molar-refractivity contribution in [3.8, 4) is 6.01 Å². The molecule has 2 spiro atoms. The molecule has 60 heavy (non-hydrogen) atoms. The predicted octanol–water partition coefficient (Wildman–Crippen LogP) is 5.03. The van der Waals surface area contributed by atoms with Crippen molar-refractivity contribution in [2.24, 2.45) is 11.3 Å². The Morgan fingerprint density at radius 3 is 2.37 bits per heavy atom. The lowest BCUT2D eigenvalue weighted by molar-refractivity contribution is -0.143. The number of nitrogens with zero attached hydrogens (tertiary/aromatic N) is 3. The molecule has 2 aliphatic carbocycles. The number of amides is 5. The van der Waals surface area contributed by atoms with E-state index < -0.39 is 73.3 Å². The van der Waals surface area contributed by atoms with Crippen molar-refractivity contribution in [3.63, 3.8) is 0 Å². The summed E-state index contributed by atoms with van der Waals surface area (Å²) in [7, 11) is -4.09. The molecule has 1 saturated heterocycles. The van der Waals surface area contributed by atoms with E-state index in [1.807, 2.05) is 43.6 Å². The zero-order valence-corrected chi connectivity index (χ0v) is 37.3. The molecule has 1 aromatic carbocycles. The number of carbonyl (C=O) groups is 5. The van der Waals surface area contributed by atoms with Crippen LogP contribution in [0.4, 0.5) is 4.79 Å². The van der Waals surface area contributed by atoms with Gasteiger partial charge in [0.1, 0.15) is 34.8 Å². The largest absolute Gasteiger partial charge is 0.459 e. The third-order valence-electron chi connectivity index (χ3n) is 12.1. The summed E-state index contributed by atoms with van der Waals surface area (Å²) in [6, 6.07) is 3.05. The van der Waals surface area contributed by atoms with E-state index in [4.69, 9.17) is 14.5 Å². The molecule has 3 heterocycles. The number of aromatic nitrogens is 2. The number of allylic oxidation sites excluding steroid dienone is 1. The first-order valence-electron chi connectivity index (χ1n) is 21.3. The summed E-state index contributed by atoms with van der Waals surface area (Å²) in [6.07, 6.45) is 6.07. The number of nitrogens with one attached hydrogen (secondary N) is 4. The van der Waals surface area contributed by atoms with Crippen LogP contribution in [0.15, 0.2) is 30.4 Å². The highest BCUT2D eigenvalue weighted by Gasteiger charge is 2.64. The Kier molecular flexibility index (Phi) is 12.5. The molecule has 5 atom stereocenters. The van der Waals surface area contributed by atoms with E-state index in [-0.39, 0.29) is 43.3 Å². The first kappa shape index (κ1) is 44.9. The molecule has 17 heteroatoms. The quantitative estimate of drug-likeness (QED) is 0.302. The molecule has 4 N–H and O–H groups in total. The Bertz CT molecular complexity index is 2150. The molecule has 2 aromatic rings. The fourth-order valence-corrected chi connectivity index (χ4v) is 10.2. The summed E-state index contributed by atoms with van der Waals surface area (Å²) in [5.41, 5.74) is -1.71. The van der Waals surface area contributed by atoms with Gasteiger partial charge in [-0.1, -0.05) is 52.3 Å². The average Bonchev–Trinajstić information content (AvgIpc) is 4.00. The van der Waals surface area contributed by atoms with Crippen LogP contribution in [0.3, 0.4) is 0 Å². The molecule has 2 aliphatic heterocycles. The van der Waals surface area contributed by atoms with Gasteiger partial charge in [0.2, 0.25) is 21.8 Å². The third-order valence-corrected chi connectivity index (χ3v) is 14.3. The standard InChI is InChI=1S/C43H63N7O9S/c1-10-27-24-43(27)37(54)48-60(56,57)42(20-21-42)19-14-12-11-13-15-22-44-34(51)29-17-16-18-30-32(29)45-38(50(30)26(2)3)58-28-23-31(35(52)47-43)49(25-28)36(53)33(40(4,5)6)46-39(55)59-41(7,8)9/h11,13,16-18,26-28,31,33H,10,12,14-15,19-25H2,1-9H3,(H,44,51)(H,46,55)(H,47,52)(H,48,54)/b13-11+/t27-,28-,31+,33-,43-/m1/s1. The van der Waals surface area contributed by atoms with Gasteiger partial charge >= 0.3 is 6.09 Å². The van der Waals surface area contributed by atoms with Gasteiger partial charge in [0.15, 0.2) is 0 Å². The van der Waals surface area contributed by atoms with E-state index in [2.05, 4.69) is 20.7 Å². The minimum atomic E-state index is -4.09. The minimum absolute atomic E-state index is 0.0149. The van der Waals surface area contributed by atoms with Crippen LogP contribution in [0.2, 0.25) is 0 Å². The molecule has 0 unspecified atom stereocenters. The maximum Gasteiger partial charge on any atom is 0.408 e. The number of sulfonamides is 1. The highest BCUT2D eigenvalue weighted by atomic mass is 32.2. The molecule has 4 bridgehead atoms. The van der Waals surface area contributed by atoms with Crippen LogP contribution >= 0.6 is 0 Å². The van der Waals surface area contributed by atoms with Crippen LogP contribution in [0.5, 0.6) is 6.01 Å². The van der Waals surface area contributed by atoms with Crippen molar-refractivity contribution in [1.82, 2.24) is 35.1 Å². The van der Waals surface area contributed by atoms with Gasteiger partial charge in [-0.05, 0) is 103 Å². The molecule has 0 radical (unpaired) electrons. The van der Waals surface area contributed by atoms with Crippen molar-refractivity contribution < 1.29 is 41.9 Å². The number of carbonyl (C=O) groups excluding carboxylic acids is 5. The van der Waals surface area contributed by atoms with Crippen molar-refractivity contribution in [2.75, 3.05) is 13.1 Å². The van der Waals surface area contributed by atoms with Gasteiger partial charge in [0, 0.05) is 19.0 Å². The number of imidazole rings is 1. The number of likely N-dealkylation sites (tertiary alicyclic amines) is 1. The first-order valence-corrected chi connectivity index (χ1v) is 22.8. The number of para-hydroxylation sites is 1. The number of fused-ring (bicyclic) bond motifs is 3. The lowest BCUT2D eigenvalue weighted by Gasteiger charge is -2.36. The van der Waals surface area contributed by atoms with Crippen molar-refractivity contribution in [3.05, 3.63) is 35.9 Å². The second-order valence-electron chi connectivity index (χ2n) is 19.3. The zero-order valence-electron chi connectivity index (χ0n) is 36.5. The maximum absolute atomic E-state index is 14.8. The lowest BCUT2D eigenvalue weighted by atomic mass is 9.85. The Labute approximate surface area is 353 Å². The summed E-state index contributed by atoms with van der Waals surface area (Å²) in [6.45, 7) is 16.6. The number of benzene rings is 1. The molecule has 6 rings (SSSR count). The number of alkyl carbamates (subject to hydrolysis) is 1. The fraction of sp³-hybridized carbons (Fsp3) is 0.674. The number of hydrogen-bond donors (Lipinski definition) is 4. The monoisotopic (exact) mass is 853 g/mol. The third kappa shape index (κ3) is 9.30. The molecule has 1 aromatic heterocycles. The molecule has 4 aliphatic rings. The van der Waals surface area contributed by atoms with Crippen LogP contribution in [-0.2, 0) is 29.1 Å². The fourth-order valence-electron chi connectivity index (χ4n) is 8.49. The lowest BCUT2D eigenvalue weighted by Crippen LogP contribution is -2.60. The van der Waals surface area contributed by atoms with Crippen LogP contribution < -0.4 is 25.4 Å². The van der Waals surface area contributed by atoms with E-state index in [1.165, 1.54) is 4.90 Å². The SMILES string of the molecule is CC[C@@H]1C[C@@]12NC(=O)[C@@H]1C[C@H](CN1C(=O)[C@@H](NC(=O)OC(C)(C)C)C(C)(C)C)Oc1nc3c(cccc3n1C(C)C)C(=O)NCC/C=C/CCCC1(CC1)S(=O)(=O)NC2=O. The molecule has 5 amide bonds. The number of hydrogen-bond acceptors (Lipinski definition) is 10. The first-order chi connectivity index (χ1) is 28.0. The van der Waals surface area contributed by atoms with Crippen molar-refractivity contribution in [1.29, 1.82) is 0 Å². The topological polar surface area (TPSA) is 207 Å². The van der Waals surface area contributed by atoms with Gasteiger partial charge < -0.3 is 30.3 Å². The van der Waals surface area contributed by atoms with E-state index in [9.17, 15) is 32.4 Å². The van der Waals surface area contributed by atoms with Crippen LogP contribution in [-0.4, -0.2) is 99.8 Å². The van der Waals surface area contributed by atoms with Gasteiger partial charge in [-0.15, -0.1) is 0 Å². The zero-order chi connectivity index (χ0) is 44.0. The Morgan fingerprint density at radius 2 is 1.75 bits per heavy atom. The van der Waals surface area contributed by atoms with E-state index >= 15 is 0 Å². The molecule has 16 nitrogen and oxygen atoms in total. The Morgan fingerprint density at radius 1 is 1.05 bits per heavy atom. The minimum Gasteiger partial charge on any atom is -0.459 e. The highest BCUT2D eigenvalue weighted by molar-refractivity contribution is 7.91. The van der Waals surface area contributed by atoms with E-state index in [1.54, 1.807) is 53.7 Å². The van der Waals surface area contributed by atoms with Gasteiger partial charge in [-0.3, -0.25) is 28.5 Å². The summed E-state index contributed by atoms with van der Waals surface area (Å²) in [5.74, 6) is -2.63. The van der Waals surface area contributed by atoms with Crippen molar-refractivity contribution in [2.45, 2.75) is 160 Å². The second-order valence-corrected chi connectivity index (χ2v) is 21.3. The molecule has 3 fully saturated rings. The highest BCUT2D eigenvalue weighted by Crippen LogP contribution is 2.50. The Balaban J connectivity index is 1.39. The van der Waals surface area contributed by atoms with E-state index in [0.29, 0.717) is 68.1 Å². The van der Waals surface area contributed by atoms with Crippen LogP contribution in [0.25, 0.3) is 11.0 Å². The van der Waals surface area contributed by atoms with Crippen molar-refractivity contribution >= 4 is 50.8 Å². The molecular formula is C43H63N7O9S. The number of rotatable bonds is 4. The molecule has 2 saturated carbocycles. The van der Waals surface area contributed by atoms with Crippen LogP contribution in [0, 0.1) is 11.3 Å². The average molecular weight is 854 g/mol. The molecule has 330 valence electrons. The summed E-state index contributed by atoms with van der Waals surface area (Å²) in [5, 5.41) is 8.62. The smallest absolute Gasteiger partial charge is 0.408 e. The van der Waals surface area contributed by atoms with Gasteiger partial charge in [-0.2, -0.15) is 4.98 Å². The maximum atomic E-state index is 14.8. The predicted molar refractivity (Wildman–Crippen MR) is 226 cm³/mol. The number of ether oxygens (including phenoxy) is 2. The summed E-state index contributed by atoms with van der Waals surface area (Å²) >= 11 is 0. The normalized spacial score (nSPS) is 27.1. The van der Waals surface area contributed by atoms with Gasteiger partial charge in [0.05, 0.1) is 22.4 Å².